The third-order valence-corrected chi connectivity index (χ3v) is 3.73. The summed E-state index contributed by atoms with van der Waals surface area (Å²) >= 11 is 0. The van der Waals surface area contributed by atoms with Crippen molar-refractivity contribution >= 4 is 17.5 Å². The van der Waals surface area contributed by atoms with E-state index in [9.17, 15) is 27.9 Å². The fourth-order valence-corrected chi connectivity index (χ4v) is 2.36. The van der Waals surface area contributed by atoms with Gasteiger partial charge in [0, 0.05) is 37.7 Å². The Hall–Kier alpha value is -2.88. The van der Waals surface area contributed by atoms with Crippen LogP contribution in [0.2, 0.25) is 0 Å². The molecule has 3 N–H and O–H groups in total. The van der Waals surface area contributed by atoms with Gasteiger partial charge in [0.05, 0.1) is 6.42 Å². The molecule has 0 saturated heterocycles. The average molecular weight is 370 g/mol. The summed E-state index contributed by atoms with van der Waals surface area (Å²) < 4.78 is 41.2. The Morgan fingerprint density at radius 3 is 2.31 bits per heavy atom. The van der Waals surface area contributed by atoms with Gasteiger partial charge in [-0.25, -0.2) is 4.98 Å². The predicted molar refractivity (Wildman–Crippen MR) is 86.2 cm³/mol. The topological polar surface area (TPSA) is 96.2 Å². The van der Waals surface area contributed by atoms with Gasteiger partial charge in [-0.05, 0) is 24.3 Å². The highest BCUT2D eigenvalue weighted by molar-refractivity contribution is 5.95. The van der Waals surface area contributed by atoms with Crippen LogP contribution in [-0.4, -0.2) is 39.7 Å². The Morgan fingerprint density at radius 2 is 1.85 bits per heavy atom. The maximum atomic E-state index is 13.4. The van der Waals surface area contributed by atoms with Crippen molar-refractivity contribution in [1.29, 1.82) is 0 Å². The van der Waals surface area contributed by atoms with Crippen molar-refractivity contribution in [3.05, 3.63) is 48.0 Å². The number of nitrogens with one attached hydrogen (secondary N) is 2. The highest BCUT2D eigenvalue weighted by atomic mass is 19.4. The molecule has 0 radical (unpaired) electrons. The van der Waals surface area contributed by atoms with Gasteiger partial charge in [-0.15, -0.1) is 0 Å². The summed E-state index contributed by atoms with van der Waals surface area (Å²) in [6, 6.07) is 5.55. The highest BCUT2D eigenvalue weighted by Gasteiger charge is 2.58. The Labute approximate surface area is 146 Å². The lowest BCUT2D eigenvalue weighted by atomic mass is 9.97. The van der Waals surface area contributed by atoms with E-state index in [1.807, 2.05) is 0 Å². The van der Waals surface area contributed by atoms with Crippen LogP contribution in [0.15, 0.2) is 36.7 Å². The lowest BCUT2D eigenvalue weighted by Crippen LogP contribution is -2.46. The van der Waals surface area contributed by atoms with Crippen LogP contribution < -0.4 is 10.6 Å². The lowest BCUT2D eigenvalue weighted by molar-refractivity contribution is -0.270. The second kappa shape index (κ2) is 7.16. The molecule has 0 bridgehead atoms. The molecule has 1 atom stereocenters. The van der Waals surface area contributed by atoms with Crippen LogP contribution in [0.3, 0.4) is 0 Å². The molecular weight excluding hydrogens is 353 g/mol. The minimum atomic E-state index is -5.10. The van der Waals surface area contributed by atoms with Crippen LogP contribution in [-0.2, 0) is 17.4 Å². The molecule has 1 heterocycles. The first kappa shape index (κ1) is 19.4. The molecule has 0 aliphatic heterocycles. The predicted octanol–water partition coefficient (Wildman–Crippen LogP) is 1.56. The molecule has 0 spiro atoms. The number of aryl methyl sites for hydroxylation is 1. The van der Waals surface area contributed by atoms with Gasteiger partial charge >= 0.3 is 6.18 Å². The second-order valence-electron chi connectivity index (χ2n) is 5.60. The normalized spacial score (nSPS) is 13.8. The van der Waals surface area contributed by atoms with Crippen molar-refractivity contribution in [2.45, 2.75) is 18.2 Å². The van der Waals surface area contributed by atoms with Gasteiger partial charge in [0.2, 0.25) is 11.5 Å². The summed E-state index contributed by atoms with van der Waals surface area (Å²) in [5.41, 5.74) is -2.92. The van der Waals surface area contributed by atoms with Crippen LogP contribution in [0, 0.1) is 0 Å². The van der Waals surface area contributed by atoms with E-state index in [1.54, 1.807) is 0 Å². The van der Waals surface area contributed by atoms with Gasteiger partial charge in [0.15, 0.2) is 5.82 Å². The number of amides is 2. The molecule has 140 valence electrons. The number of rotatable bonds is 5. The molecule has 1 aromatic heterocycles. The zero-order chi connectivity index (χ0) is 19.5. The van der Waals surface area contributed by atoms with E-state index in [4.69, 9.17) is 0 Å². The minimum Gasteiger partial charge on any atom is -0.374 e. The van der Waals surface area contributed by atoms with E-state index in [-0.39, 0.29) is 11.6 Å². The van der Waals surface area contributed by atoms with Crippen LogP contribution >= 0.6 is 0 Å². The molecular formula is C16H17F3N4O3. The van der Waals surface area contributed by atoms with Crippen LogP contribution in [0.5, 0.6) is 0 Å². The molecule has 0 fully saturated rings. The van der Waals surface area contributed by atoms with E-state index >= 15 is 0 Å². The van der Waals surface area contributed by atoms with Crippen molar-refractivity contribution < 1.29 is 27.9 Å². The van der Waals surface area contributed by atoms with Crippen molar-refractivity contribution in [2.24, 2.45) is 7.05 Å². The molecule has 10 heteroatoms. The number of carbonyl (C=O) groups is 2. The maximum Gasteiger partial charge on any atom is 0.425 e. The largest absolute Gasteiger partial charge is 0.425 e. The van der Waals surface area contributed by atoms with E-state index in [0.717, 1.165) is 10.8 Å². The molecule has 0 aliphatic rings. The van der Waals surface area contributed by atoms with Gasteiger partial charge in [0.1, 0.15) is 0 Å². The number of hydrogen-bond donors (Lipinski definition) is 3. The summed E-state index contributed by atoms with van der Waals surface area (Å²) in [4.78, 5) is 27.0. The van der Waals surface area contributed by atoms with Crippen molar-refractivity contribution in [2.75, 3.05) is 12.4 Å². The number of alkyl halides is 3. The lowest BCUT2D eigenvalue weighted by Gasteiger charge is -2.29. The number of aromatic nitrogens is 2. The molecule has 0 aliphatic carbocycles. The van der Waals surface area contributed by atoms with Crippen LogP contribution in [0.25, 0.3) is 0 Å². The summed E-state index contributed by atoms with van der Waals surface area (Å²) in [7, 11) is 2.74. The van der Waals surface area contributed by atoms with Crippen molar-refractivity contribution in [3.63, 3.8) is 0 Å². The van der Waals surface area contributed by atoms with Crippen molar-refractivity contribution in [3.8, 4) is 0 Å². The molecule has 2 aromatic rings. The smallest absolute Gasteiger partial charge is 0.374 e. The molecule has 2 rings (SSSR count). The van der Waals surface area contributed by atoms with Gasteiger partial charge < -0.3 is 20.3 Å². The van der Waals surface area contributed by atoms with Crippen molar-refractivity contribution in [1.82, 2.24) is 14.9 Å². The Bertz CT molecular complexity index is 802. The summed E-state index contributed by atoms with van der Waals surface area (Å²) in [6.45, 7) is 0. The molecule has 7 nitrogen and oxygen atoms in total. The average Bonchev–Trinajstić information content (AvgIpc) is 3.00. The van der Waals surface area contributed by atoms with E-state index in [1.165, 1.54) is 44.6 Å². The number of aliphatic hydroxyl groups is 1. The van der Waals surface area contributed by atoms with E-state index in [2.05, 4.69) is 15.6 Å². The zero-order valence-electron chi connectivity index (χ0n) is 14.0. The van der Waals surface area contributed by atoms with Gasteiger partial charge in [-0.3, -0.25) is 9.59 Å². The van der Waals surface area contributed by atoms with Gasteiger partial charge in [0.25, 0.3) is 5.91 Å². The van der Waals surface area contributed by atoms with Crippen LogP contribution in [0.1, 0.15) is 22.6 Å². The number of halogens is 3. The minimum absolute atomic E-state index is 0.187. The number of imidazole rings is 1. The highest BCUT2D eigenvalue weighted by Crippen LogP contribution is 2.40. The Kier molecular flexibility index (Phi) is 5.36. The Morgan fingerprint density at radius 1 is 1.23 bits per heavy atom. The maximum absolute atomic E-state index is 13.4. The number of carbonyl (C=O) groups excluding carboxylic acids is 2. The second-order valence-corrected chi connectivity index (χ2v) is 5.60. The summed E-state index contributed by atoms with van der Waals surface area (Å²) in [5.74, 6) is -2.08. The number of anilines is 1. The summed E-state index contributed by atoms with van der Waals surface area (Å²) in [6.07, 6.45) is -4.03. The third kappa shape index (κ3) is 3.85. The van der Waals surface area contributed by atoms with E-state index < -0.39 is 29.9 Å². The first-order valence-corrected chi connectivity index (χ1v) is 7.47. The SMILES string of the molecule is CNC(=O)c1ccc(NC(=O)CC(O)(c2nccn2C)C(F)(F)F)cc1. The fraction of sp³-hybridized carbons (Fsp3) is 0.312. The number of hydrogen-bond acceptors (Lipinski definition) is 4. The molecule has 26 heavy (non-hydrogen) atoms. The first-order chi connectivity index (χ1) is 12.1. The molecule has 0 saturated carbocycles. The van der Waals surface area contributed by atoms with Gasteiger partial charge in [-0.1, -0.05) is 0 Å². The quantitative estimate of drug-likeness (QED) is 0.744. The van der Waals surface area contributed by atoms with Gasteiger partial charge in [-0.2, -0.15) is 13.2 Å². The number of nitrogens with zero attached hydrogens (tertiary/aromatic N) is 2. The zero-order valence-corrected chi connectivity index (χ0v) is 14.0. The third-order valence-electron chi connectivity index (χ3n) is 3.73. The monoisotopic (exact) mass is 370 g/mol. The standard InChI is InChI=1S/C16H17F3N4O3/c1-20-13(25)10-3-5-11(6-4-10)22-12(24)9-15(26,16(17,18)19)14-21-7-8-23(14)2/h3-8,26H,9H2,1-2H3,(H,20,25)(H,22,24). The van der Waals surface area contributed by atoms with E-state index in [0.29, 0.717) is 5.56 Å². The molecule has 2 amide bonds. The first-order valence-electron chi connectivity index (χ1n) is 7.47. The molecule has 1 unspecified atom stereocenters. The summed E-state index contributed by atoms with van der Waals surface area (Å²) in [5, 5.41) is 14.8. The fourth-order valence-electron chi connectivity index (χ4n) is 2.36. The Balaban J connectivity index is 2.18. The molecule has 1 aromatic carbocycles. The number of benzene rings is 1. The van der Waals surface area contributed by atoms with Crippen LogP contribution in [0.4, 0.5) is 18.9 Å².